The quantitative estimate of drug-likeness (QED) is 0.848. The Kier molecular flexibility index (Phi) is 4.96. The highest BCUT2D eigenvalue weighted by molar-refractivity contribution is 6.32. The van der Waals surface area contributed by atoms with Gasteiger partial charge in [0.25, 0.3) is 0 Å². The molecule has 4 rings (SSSR count). The molecule has 0 saturated carbocycles. The first kappa shape index (κ1) is 18.1. The van der Waals surface area contributed by atoms with Gasteiger partial charge in [0.15, 0.2) is 0 Å². The summed E-state index contributed by atoms with van der Waals surface area (Å²) in [5.74, 6) is 0.771. The van der Waals surface area contributed by atoms with Crippen LogP contribution in [0.3, 0.4) is 0 Å². The van der Waals surface area contributed by atoms with E-state index < -0.39 is 0 Å². The third-order valence-corrected chi connectivity index (χ3v) is 5.78. The first-order chi connectivity index (χ1) is 13.0. The number of aromatic hydroxyl groups is 1. The third kappa shape index (κ3) is 3.61. The molecule has 2 aromatic carbocycles. The normalized spacial score (nSPS) is 25.0. The number of rotatable bonds is 3. The predicted octanol–water partition coefficient (Wildman–Crippen LogP) is 3.39. The van der Waals surface area contributed by atoms with Crippen LogP contribution in [0.15, 0.2) is 36.4 Å². The van der Waals surface area contributed by atoms with Crippen LogP contribution < -0.4 is 10.5 Å². The van der Waals surface area contributed by atoms with Gasteiger partial charge in [-0.1, -0.05) is 17.7 Å². The van der Waals surface area contributed by atoms with Crippen molar-refractivity contribution >= 4 is 11.6 Å². The minimum Gasteiger partial charge on any atom is -0.508 e. The third-order valence-electron chi connectivity index (χ3n) is 5.49. The molecule has 5 nitrogen and oxygen atoms in total. The van der Waals surface area contributed by atoms with E-state index >= 15 is 0 Å². The van der Waals surface area contributed by atoms with Crippen LogP contribution in [0.2, 0.25) is 5.02 Å². The number of nitriles is 1. The molecule has 0 spiro atoms. The van der Waals surface area contributed by atoms with Gasteiger partial charge in [0.2, 0.25) is 0 Å². The Morgan fingerprint density at radius 2 is 2.11 bits per heavy atom. The number of piperidine rings is 1. The van der Waals surface area contributed by atoms with E-state index in [4.69, 9.17) is 27.3 Å². The summed E-state index contributed by atoms with van der Waals surface area (Å²) in [6.45, 7) is 1.82. The molecule has 6 heteroatoms. The van der Waals surface area contributed by atoms with E-state index in [1.54, 1.807) is 30.3 Å². The average molecular weight is 384 g/mol. The van der Waals surface area contributed by atoms with Crippen LogP contribution in [-0.2, 0) is 6.42 Å². The molecule has 3 N–H and O–H groups in total. The van der Waals surface area contributed by atoms with Crippen LogP contribution in [0, 0.1) is 11.3 Å². The Morgan fingerprint density at radius 1 is 1.26 bits per heavy atom. The summed E-state index contributed by atoms with van der Waals surface area (Å²) in [7, 11) is 0. The van der Waals surface area contributed by atoms with E-state index in [1.807, 2.05) is 6.07 Å². The molecule has 3 atom stereocenters. The molecule has 0 unspecified atom stereocenters. The number of phenols is 1. The van der Waals surface area contributed by atoms with Gasteiger partial charge in [-0.2, -0.15) is 5.26 Å². The number of fused-ring (bicyclic) bond motifs is 1. The van der Waals surface area contributed by atoms with Crippen molar-refractivity contribution < 1.29 is 9.84 Å². The summed E-state index contributed by atoms with van der Waals surface area (Å²) < 4.78 is 6.35. The molecule has 1 aliphatic heterocycles. The SMILES string of the molecule is N#Cc1ccc(O[C@@H]2c3cc(O)ccc3C[C@H]2N2CCC[C@@H](N)C2)c(Cl)c1. The molecule has 27 heavy (non-hydrogen) atoms. The van der Waals surface area contributed by atoms with Crippen LogP contribution in [0.1, 0.15) is 35.6 Å². The molecule has 2 aromatic rings. The highest BCUT2D eigenvalue weighted by atomic mass is 35.5. The molecule has 1 fully saturated rings. The maximum atomic E-state index is 9.99. The van der Waals surface area contributed by atoms with E-state index in [-0.39, 0.29) is 23.9 Å². The van der Waals surface area contributed by atoms with Crippen molar-refractivity contribution in [1.29, 1.82) is 5.26 Å². The van der Waals surface area contributed by atoms with Crippen molar-refractivity contribution in [3.63, 3.8) is 0 Å². The topological polar surface area (TPSA) is 82.5 Å². The molecule has 2 aliphatic rings. The molecule has 1 saturated heterocycles. The van der Waals surface area contributed by atoms with Crippen molar-refractivity contribution in [3.05, 3.63) is 58.1 Å². The smallest absolute Gasteiger partial charge is 0.140 e. The number of nitrogens with zero attached hydrogens (tertiary/aromatic N) is 2. The average Bonchev–Trinajstić information content (AvgIpc) is 3.01. The first-order valence-electron chi connectivity index (χ1n) is 9.23. The lowest BCUT2D eigenvalue weighted by Gasteiger charge is -2.38. The highest BCUT2D eigenvalue weighted by Crippen LogP contribution is 2.41. The zero-order valence-electron chi connectivity index (χ0n) is 14.9. The van der Waals surface area contributed by atoms with Gasteiger partial charge in [-0.05, 0) is 61.7 Å². The fraction of sp³-hybridized carbons (Fsp3) is 0.381. The molecular weight excluding hydrogens is 362 g/mol. The zero-order chi connectivity index (χ0) is 19.0. The van der Waals surface area contributed by atoms with E-state index in [1.165, 1.54) is 5.56 Å². The standard InChI is InChI=1S/C21H22ClN3O2/c22-18-8-13(11-23)3-6-20(18)27-21-17-10-16(26)5-4-14(17)9-19(21)25-7-1-2-15(24)12-25/h3-6,8,10,15,19,21,26H,1-2,7,9,12,24H2/t15-,19-,21-/m1/s1. The maximum Gasteiger partial charge on any atom is 0.140 e. The Balaban J connectivity index is 1.67. The van der Waals surface area contributed by atoms with Crippen molar-refractivity contribution in [1.82, 2.24) is 4.90 Å². The van der Waals surface area contributed by atoms with E-state index in [0.717, 1.165) is 37.9 Å². The van der Waals surface area contributed by atoms with Crippen molar-refractivity contribution in [3.8, 4) is 17.6 Å². The lowest BCUT2D eigenvalue weighted by atomic mass is 10.0. The molecule has 0 aromatic heterocycles. The van der Waals surface area contributed by atoms with Gasteiger partial charge in [-0.3, -0.25) is 4.90 Å². The largest absolute Gasteiger partial charge is 0.508 e. The molecule has 1 aliphatic carbocycles. The lowest BCUT2D eigenvalue weighted by Crippen LogP contribution is -2.49. The van der Waals surface area contributed by atoms with Crippen molar-refractivity contribution in [2.45, 2.75) is 37.5 Å². The maximum absolute atomic E-state index is 9.99. The molecule has 1 heterocycles. The summed E-state index contributed by atoms with van der Waals surface area (Å²) in [5.41, 5.74) is 8.86. The molecule has 0 amide bonds. The Morgan fingerprint density at radius 3 is 2.85 bits per heavy atom. The fourth-order valence-corrected chi connectivity index (χ4v) is 4.40. The second-order valence-electron chi connectivity index (χ2n) is 7.35. The molecule has 140 valence electrons. The predicted molar refractivity (Wildman–Crippen MR) is 104 cm³/mol. The molecular formula is C21H22ClN3O2. The lowest BCUT2D eigenvalue weighted by molar-refractivity contribution is 0.0593. The zero-order valence-corrected chi connectivity index (χ0v) is 15.7. The van der Waals surface area contributed by atoms with Gasteiger partial charge < -0.3 is 15.6 Å². The molecule has 0 radical (unpaired) electrons. The minimum absolute atomic E-state index is 0.139. The first-order valence-corrected chi connectivity index (χ1v) is 9.60. The number of benzene rings is 2. The Bertz CT molecular complexity index is 895. The van der Waals surface area contributed by atoms with Gasteiger partial charge >= 0.3 is 0 Å². The Labute approximate surface area is 163 Å². The fourth-order valence-electron chi connectivity index (χ4n) is 4.18. The van der Waals surface area contributed by atoms with Gasteiger partial charge in [0, 0.05) is 18.2 Å². The number of ether oxygens (including phenoxy) is 1. The number of likely N-dealkylation sites (tertiary alicyclic amines) is 1. The van der Waals surface area contributed by atoms with Gasteiger partial charge in [-0.15, -0.1) is 0 Å². The van der Waals surface area contributed by atoms with Gasteiger partial charge in [-0.25, -0.2) is 0 Å². The summed E-state index contributed by atoms with van der Waals surface area (Å²) >= 11 is 6.34. The van der Waals surface area contributed by atoms with E-state index in [9.17, 15) is 5.11 Å². The number of hydrogen-bond acceptors (Lipinski definition) is 5. The van der Waals surface area contributed by atoms with Crippen LogP contribution in [0.5, 0.6) is 11.5 Å². The minimum atomic E-state index is -0.247. The number of hydrogen-bond donors (Lipinski definition) is 2. The summed E-state index contributed by atoms with van der Waals surface area (Å²) in [5, 5.41) is 19.4. The van der Waals surface area contributed by atoms with Gasteiger partial charge in [0.1, 0.15) is 17.6 Å². The van der Waals surface area contributed by atoms with Crippen LogP contribution in [-0.4, -0.2) is 35.2 Å². The second kappa shape index (κ2) is 7.40. The number of halogens is 1. The number of nitrogens with two attached hydrogens (primary N) is 1. The second-order valence-corrected chi connectivity index (χ2v) is 7.75. The van der Waals surface area contributed by atoms with E-state index in [0.29, 0.717) is 16.3 Å². The van der Waals surface area contributed by atoms with Crippen LogP contribution >= 0.6 is 11.6 Å². The van der Waals surface area contributed by atoms with Gasteiger partial charge in [0.05, 0.1) is 22.7 Å². The van der Waals surface area contributed by atoms with Crippen molar-refractivity contribution in [2.24, 2.45) is 5.73 Å². The van der Waals surface area contributed by atoms with Crippen molar-refractivity contribution in [2.75, 3.05) is 13.1 Å². The van der Waals surface area contributed by atoms with Crippen LogP contribution in [0.4, 0.5) is 0 Å². The summed E-state index contributed by atoms with van der Waals surface area (Å²) in [6.07, 6.45) is 2.72. The molecule has 0 bridgehead atoms. The van der Waals surface area contributed by atoms with E-state index in [2.05, 4.69) is 11.0 Å². The highest BCUT2D eigenvalue weighted by Gasteiger charge is 2.39. The monoisotopic (exact) mass is 383 g/mol. The summed E-state index contributed by atoms with van der Waals surface area (Å²) in [4.78, 5) is 2.40. The van der Waals surface area contributed by atoms with Crippen LogP contribution in [0.25, 0.3) is 0 Å². The Hall–Kier alpha value is -2.26. The summed E-state index contributed by atoms with van der Waals surface area (Å²) in [6, 6.07) is 12.9. The number of phenolic OH excluding ortho intramolecular Hbond substituents is 1.